The van der Waals surface area contributed by atoms with Crippen LogP contribution in [-0.2, 0) is 0 Å². The van der Waals surface area contributed by atoms with E-state index in [0.717, 1.165) is 17.3 Å². The van der Waals surface area contributed by atoms with Crippen LogP contribution >= 0.6 is 0 Å². The molecule has 1 heterocycles. The molecule has 76 valence electrons. The Morgan fingerprint density at radius 1 is 1.57 bits per heavy atom. The average Bonchev–Trinajstić information content (AvgIpc) is 2.86. The average molecular weight is 193 g/mol. The van der Waals surface area contributed by atoms with Crippen LogP contribution in [0.1, 0.15) is 18.9 Å². The fourth-order valence-corrected chi connectivity index (χ4v) is 1.36. The first-order chi connectivity index (χ1) is 6.70. The van der Waals surface area contributed by atoms with E-state index in [1.165, 1.54) is 6.42 Å². The van der Waals surface area contributed by atoms with Crippen molar-refractivity contribution in [1.29, 1.82) is 0 Å². The molecule has 0 aliphatic heterocycles. The van der Waals surface area contributed by atoms with Gasteiger partial charge in [-0.15, -0.1) is 0 Å². The minimum Gasteiger partial charge on any atom is -0.367 e. The predicted molar refractivity (Wildman–Crippen MR) is 55.8 cm³/mol. The second-order valence-corrected chi connectivity index (χ2v) is 3.83. The Kier molecular flexibility index (Phi) is 2.25. The Bertz CT molecular complexity index is 338. The highest BCUT2D eigenvalue weighted by Crippen LogP contribution is 2.32. The van der Waals surface area contributed by atoms with Gasteiger partial charge in [0.25, 0.3) is 0 Å². The standard InChI is InChI=1S/C9H15N5/c1-5-3-7(5)12-8-6(2)4-11-9(13-8)14-10/h4-5,7H,3,10H2,1-2H3,(H2,11,12,13,14). The van der Waals surface area contributed by atoms with E-state index < -0.39 is 0 Å². The molecular weight excluding hydrogens is 178 g/mol. The normalized spacial score (nSPS) is 24.5. The van der Waals surface area contributed by atoms with Crippen molar-refractivity contribution >= 4 is 11.8 Å². The van der Waals surface area contributed by atoms with Crippen LogP contribution < -0.4 is 16.6 Å². The van der Waals surface area contributed by atoms with Crippen LogP contribution in [0.25, 0.3) is 0 Å². The number of hydrazine groups is 1. The molecule has 0 bridgehead atoms. The van der Waals surface area contributed by atoms with Crippen LogP contribution in [0.2, 0.25) is 0 Å². The maximum atomic E-state index is 5.24. The molecule has 2 atom stereocenters. The first kappa shape index (κ1) is 9.21. The fraction of sp³-hybridized carbons (Fsp3) is 0.556. The molecule has 2 unspecified atom stereocenters. The molecule has 0 aromatic carbocycles. The van der Waals surface area contributed by atoms with E-state index >= 15 is 0 Å². The van der Waals surface area contributed by atoms with Crippen LogP contribution in [0.5, 0.6) is 0 Å². The van der Waals surface area contributed by atoms with Crippen LogP contribution in [-0.4, -0.2) is 16.0 Å². The second kappa shape index (κ2) is 3.42. The van der Waals surface area contributed by atoms with Gasteiger partial charge in [-0.05, 0) is 19.3 Å². The van der Waals surface area contributed by atoms with Gasteiger partial charge in [0.05, 0.1) is 0 Å². The van der Waals surface area contributed by atoms with Gasteiger partial charge in [-0.1, -0.05) is 6.92 Å². The molecule has 1 aromatic heterocycles. The Morgan fingerprint density at radius 3 is 2.86 bits per heavy atom. The fourth-order valence-electron chi connectivity index (χ4n) is 1.36. The monoisotopic (exact) mass is 193 g/mol. The van der Waals surface area contributed by atoms with E-state index in [0.29, 0.717) is 12.0 Å². The van der Waals surface area contributed by atoms with E-state index in [2.05, 4.69) is 27.6 Å². The van der Waals surface area contributed by atoms with Crippen LogP contribution in [0, 0.1) is 12.8 Å². The third-order valence-electron chi connectivity index (χ3n) is 2.53. The maximum absolute atomic E-state index is 5.24. The van der Waals surface area contributed by atoms with E-state index in [1.54, 1.807) is 6.20 Å². The molecule has 0 saturated heterocycles. The van der Waals surface area contributed by atoms with Gasteiger partial charge in [0.1, 0.15) is 5.82 Å². The van der Waals surface area contributed by atoms with Crippen molar-refractivity contribution in [2.45, 2.75) is 26.3 Å². The van der Waals surface area contributed by atoms with E-state index in [-0.39, 0.29) is 0 Å². The van der Waals surface area contributed by atoms with Crippen molar-refractivity contribution in [2.75, 3.05) is 10.7 Å². The van der Waals surface area contributed by atoms with E-state index in [4.69, 9.17) is 5.84 Å². The minimum atomic E-state index is 0.450. The summed E-state index contributed by atoms with van der Waals surface area (Å²) in [5.74, 6) is 7.32. The summed E-state index contributed by atoms with van der Waals surface area (Å²) >= 11 is 0. The number of anilines is 2. The zero-order valence-corrected chi connectivity index (χ0v) is 8.41. The maximum Gasteiger partial charge on any atom is 0.239 e. The number of aromatic nitrogens is 2. The van der Waals surface area contributed by atoms with Crippen LogP contribution in [0.4, 0.5) is 11.8 Å². The Hall–Kier alpha value is -1.36. The number of nitrogens with one attached hydrogen (secondary N) is 2. The summed E-state index contributed by atoms with van der Waals surface area (Å²) in [6.07, 6.45) is 2.98. The van der Waals surface area contributed by atoms with Gasteiger partial charge in [-0.3, -0.25) is 5.43 Å². The van der Waals surface area contributed by atoms with Crippen LogP contribution in [0.3, 0.4) is 0 Å². The first-order valence-corrected chi connectivity index (χ1v) is 4.77. The van der Waals surface area contributed by atoms with Gasteiger partial charge in [0.15, 0.2) is 0 Å². The van der Waals surface area contributed by atoms with Crippen LogP contribution in [0.15, 0.2) is 6.20 Å². The third-order valence-corrected chi connectivity index (χ3v) is 2.53. The minimum absolute atomic E-state index is 0.450. The molecule has 1 saturated carbocycles. The second-order valence-electron chi connectivity index (χ2n) is 3.83. The Balaban J connectivity index is 2.14. The number of nitrogens with zero attached hydrogens (tertiary/aromatic N) is 2. The van der Waals surface area contributed by atoms with Gasteiger partial charge in [0, 0.05) is 17.8 Å². The first-order valence-electron chi connectivity index (χ1n) is 4.77. The zero-order valence-electron chi connectivity index (χ0n) is 8.41. The number of rotatable bonds is 3. The quantitative estimate of drug-likeness (QED) is 0.491. The highest BCUT2D eigenvalue weighted by Gasteiger charge is 2.32. The third kappa shape index (κ3) is 1.77. The molecule has 1 aliphatic carbocycles. The largest absolute Gasteiger partial charge is 0.367 e. The topological polar surface area (TPSA) is 75.9 Å². The summed E-state index contributed by atoms with van der Waals surface area (Å²) in [4.78, 5) is 8.26. The molecule has 5 nitrogen and oxygen atoms in total. The molecule has 2 rings (SSSR count). The molecule has 4 N–H and O–H groups in total. The highest BCUT2D eigenvalue weighted by molar-refractivity contribution is 5.47. The number of nitrogen functional groups attached to an aromatic ring is 1. The van der Waals surface area contributed by atoms with Gasteiger partial charge in [0.2, 0.25) is 5.95 Å². The molecule has 0 radical (unpaired) electrons. The molecule has 1 aromatic rings. The van der Waals surface area contributed by atoms with Gasteiger partial charge >= 0.3 is 0 Å². The van der Waals surface area contributed by atoms with Crippen molar-refractivity contribution in [3.63, 3.8) is 0 Å². The van der Waals surface area contributed by atoms with Gasteiger partial charge in [-0.2, -0.15) is 4.98 Å². The number of aryl methyl sites for hydroxylation is 1. The Morgan fingerprint density at radius 2 is 2.29 bits per heavy atom. The lowest BCUT2D eigenvalue weighted by molar-refractivity contribution is 0.918. The lowest BCUT2D eigenvalue weighted by atomic mass is 10.3. The molecule has 1 fully saturated rings. The number of hydrogen-bond acceptors (Lipinski definition) is 5. The number of hydrogen-bond donors (Lipinski definition) is 3. The lowest BCUT2D eigenvalue weighted by Gasteiger charge is -2.08. The van der Waals surface area contributed by atoms with E-state index in [9.17, 15) is 0 Å². The molecule has 0 amide bonds. The summed E-state index contributed by atoms with van der Waals surface area (Å²) in [6, 6.07) is 0.564. The summed E-state index contributed by atoms with van der Waals surface area (Å²) < 4.78 is 0. The van der Waals surface area contributed by atoms with Crippen molar-refractivity contribution in [3.8, 4) is 0 Å². The molecule has 1 aliphatic rings. The van der Waals surface area contributed by atoms with Gasteiger partial charge < -0.3 is 5.32 Å². The SMILES string of the molecule is Cc1cnc(NN)nc1NC1CC1C. The zero-order chi connectivity index (χ0) is 10.1. The Labute approximate surface area is 83.1 Å². The summed E-state index contributed by atoms with van der Waals surface area (Å²) in [5.41, 5.74) is 3.48. The van der Waals surface area contributed by atoms with Crippen molar-refractivity contribution in [1.82, 2.24) is 9.97 Å². The smallest absolute Gasteiger partial charge is 0.239 e. The molecule has 5 heteroatoms. The van der Waals surface area contributed by atoms with Crippen molar-refractivity contribution in [3.05, 3.63) is 11.8 Å². The highest BCUT2D eigenvalue weighted by atomic mass is 15.3. The van der Waals surface area contributed by atoms with Crippen molar-refractivity contribution in [2.24, 2.45) is 11.8 Å². The van der Waals surface area contributed by atoms with E-state index in [1.807, 2.05) is 6.92 Å². The molecule has 14 heavy (non-hydrogen) atoms. The predicted octanol–water partition coefficient (Wildman–Crippen LogP) is 0.891. The lowest BCUT2D eigenvalue weighted by Crippen LogP contribution is -2.13. The van der Waals surface area contributed by atoms with Crippen molar-refractivity contribution < 1.29 is 0 Å². The number of nitrogens with two attached hydrogens (primary N) is 1. The summed E-state index contributed by atoms with van der Waals surface area (Å²) in [5, 5.41) is 3.36. The molecular formula is C9H15N5. The summed E-state index contributed by atoms with van der Waals surface area (Å²) in [6.45, 7) is 4.20. The summed E-state index contributed by atoms with van der Waals surface area (Å²) in [7, 11) is 0. The van der Waals surface area contributed by atoms with Gasteiger partial charge in [-0.25, -0.2) is 10.8 Å². The molecule has 0 spiro atoms.